The smallest absolute Gasteiger partial charge is 0.132 e. The van der Waals surface area contributed by atoms with Gasteiger partial charge in [-0.1, -0.05) is 176 Å². The molecule has 0 fully saturated rings. The highest BCUT2D eigenvalue weighted by atomic mass is 16.3. The molecule has 5 heteroatoms. The van der Waals surface area contributed by atoms with Gasteiger partial charge >= 0.3 is 0 Å². The molecule has 382 valence electrons. The Morgan fingerprint density at radius 1 is 0.405 bits per heavy atom. The molecule has 0 unspecified atom stereocenters. The molecule has 3 heterocycles. The summed E-state index contributed by atoms with van der Waals surface area (Å²) in [5.41, 5.74) is 19.7. The van der Waals surface area contributed by atoms with Gasteiger partial charge in [-0.25, -0.2) is 4.98 Å². The van der Waals surface area contributed by atoms with E-state index in [-0.39, 0.29) is 33.2 Å². The first-order valence-electron chi connectivity index (χ1n) is 27.0. The van der Waals surface area contributed by atoms with Crippen LogP contribution >= 0.6 is 0 Å². The minimum atomic E-state index is -0.0903. The van der Waals surface area contributed by atoms with Gasteiger partial charge < -0.3 is 19.3 Å². The van der Waals surface area contributed by atoms with E-state index in [9.17, 15) is 10.2 Å². The van der Waals surface area contributed by atoms with Crippen LogP contribution in [-0.4, -0.2) is 24.3 Å². The van der Waals surface area contributed by atoms with E-state index in [0.717, 1.165) is 126 Å². The van der Waals surface area contributed by atoms with E-state index in [0.29, 0.717) is 0 Å². The number of fused-ring (bicyclic) bond motifs is 2. The highest BCUT2D eigenvalue weighted by Crippen LogP contribution is 2.51. The van der Waals surface area contributed by atoms with Crippen LogP contribution in [0.25, 0.3) is 89.1 Å². The number of aryl methyl sites for hydroxylation is 4. The number of phenolic OH excluding ortho intramolecular Hbond substituents is 2. The second-order valence-electron chi connectivity index (χ2n) is 25.2. The van der Waals surface area contributed by atoms with Crippen molar-refractivity contribution in [3.63, 3.8) is 0 Å². The van der Waals surface area contributed by atoms with Gasteiger partial charge in [-0.05, 0) is 141 Å². The van der Waals surface area contributed by atoms with E-state index in [1.54, 1.807) is 0 Å². The summed E-state index contributed by atoms with van der Waals surface area (Å²) in [5.74, 6) is 0.523. The van der Waals surface area contributed by atoms with Crippen molar-refractivity contribution in [1.29, 1.82) is 0 Å². The van der Waals surface area contributed by atoms with E-state index in [1.165, 1.54) is 22.3 Å². The Hall–Kier alpha value is -6.85. The summed E-state index contributed by atoms with van der Waals surface area (Å²) < 4.78 is 4.79. The lowest BCUT2D eigenvalue weighted by Gasteiger charge is -2.27. The molecule has 9 rings (SSSR count). The van der Waals surface area contributed by atoms with Gasteiger partial charge in [-0.2, -0.15) is 0 Å². The molecule has 0 radical (unpaired) electrons. The molecule has 3 aromatic heterocycles. The maximum atomic E-state index is 13.0. The van der Waals surface area contributed by atoms with Gasteiger partial charge in [0.05, 0.1) is 22.8 Å². The number of pyridine rings is 1. The maximum absolute atomic E-state index is 13.0. The average Bonchev–Trinajstić information content (AvgIpc) is 3.84. The monoisotopic (exact) mass is 982 g/mol. The molecule has 0 aliphatic carbocycles. The third-order valence-electron chi connectivity index (χ3n) is 15.1. The standard InChI is InChI=1S/C69H79N3O2/c1-17-30-71-58-28-21-19-24-50(58)60(62(71)54-34-42(3)32-52(64(54)73)44-36-46(66(5,6)7)40-47(37-44)67(8,9)10)56-26-23-27-57(70-56)61-51-25-20-22-29-59(51)72(31-18-2)63(61)55-35-43(4)33-53(65(55)74)45-38-48(68(11,12)13)41-49(39-45)69(14,15)16/h19-29,32-41,73-74H,17-18,30-31H2,1-16H3. The van der Waals surface area contributed by atoms with Gasteiger partial charge in [0.25, 0.3) is 0 Å². The predicted octanol–water partition coefficient (Wildman–Crippen LogP) is 19.0. The normalized spacial score (nSPS) is 12.6. The first-order valence-corrected chi connectivity index (χ1v) is 27.0. The fourth-order valence-electron chi connectivity index (χ4n) is 11.0. The summed E-state index contributed by atoms with van der Waals surface area (Å²) in [6.45, 7) is 37.4. The molecule has 5 nitrogen and oxygen atoms in total. The quantitative estimate of drug-likeness (QED) is 0.144. The number of aromatic hydroxyl groups is 2. The SMILES string of the molecule is CCCn1c(-c2cc(C)cc(-c3cc(C(C)(C)C)cc(C(C)(C)C)c3)c2O)c(-c2cccc(-c3c(-c4cc(C)cc(-c5cc(C(C)(C)C)cc(C(C)(C)C)c5)c4O)n(CCC)c4ccccc34)n2)c2ccccc21. The Bertz CT molecular complexity index is 3310. The van der Waals surface area contributed by atoms with Crippen LogP contribution in [0.3, 0.4) is 0 Å². The van der Waals surface area contributed by atoms with Gasteiger partial charge in [0.2, 0.25) is 0 Å². The van der Waals surface area contributed by atoms with Crippen LogP contribution in [-0.2, 0) is 34.7 Å². The fraction of sp³-hybridized carbons (Fsp3) is 0.348. The summed E-state index contributed by atoms with van der Waals surface area (Å²) in [5, 5.41) is 28.1. The van der Waals surface area contributed by atoms with Crippen LogP contribution < -0.4 is 0 Å². The molecular formula is C69H79N3O2. The lowest BCUT2D eigenvalue weighted by molar-refractivity contribution is 0.478. The molecule has 0 aliphatic heterocycles. The van der Waals surface area contributed by atoms with Crippen molar-refractivity contribution in [2.75, 3.05) is 0 Å². The van der Waals surface area contributed by atoms with Gasteiger partial charge in [-0.15, -0.1) is 0 Å². The van der Waals surface area contributed by atoms with Crippen molar-refractivity contribution in [2.45, 2.75) is 158 Å². The molecule has 0 spiro atoms. The third kappa shape index (κ3) is 9.60. The Labute approximate surface area is 442 Å². The zero-order chi connectivity index (χ0) is 53.4. The van der Waals surface area contributed by atoms with Crippen molar-refractivity contribution in [1.82, 2.24) is 14.1 Å². The van der Waals surface area contributed by atoms with Crippen LogP contribution in [0.1, 0.15) is 143 Å². The van der Waals surface area contributed by atoms with Gasteiger partial charge in [0.1, 0.15) is 11.5 Å². The molecule has 0 saturated carbocycles. The van der Waals surface area contributed by atoms with Gasteiger partial charge in [0.15, 0.2) is 0 Å². The Morgan fingerprint density at radius 2 is 0.730 bits per heavy atom. The molecule has 6 aromatic carbocycles. The van der Waals surface area contributed by atoms with Crippen LogP contribution in [0.5, 0.6) is 11.5 Å². The first-order chi connectivity index (χ1) is 34.8. The summed E-state index contributed by atoms with van der Waals surface area (Å²) in [7, 11) is 0. The zero-order valence-corrected chi connectivity index (χ0v) is 47.2. The summed E-state index contributed by atoms with van der Waals surface area (Å²) in [6, 6.07) is 46.0. The molecule has 0 atom stereocenters. The number of nitrogens with zero attached hydrogens (tertiary/aromatic N) is 3. The lowest BCUT2D eigenvalue weighted by Crippen LogP contribution is -2.16. The lowest BCUT2D eigenvalue weighted by atomic mass is 9.78. The van der Waals surface area contributed by atoms with Crippen molar-refractivity contribution < 1.29 is 10.2 Å². The molecule has 2 N–H and O–H groups in total. The topological polar surface area (TPSA) is 63.2 Å². The largest absolute Gasteiger partial charge is 0.507 e. The van der Waals surface area contributed by atoms with Gasteiger partial charge in [-0.3, -0.25) is 0 Å². The summed E-state index contributed by atoms with van der Waals surface area (Å²) >= 11 is 0. The highest BCUT2D eigenvalue weighted by molar-refractivity contribution is 6.08. The minimum absolute atomic E-state index is 0.0903. The number of para-hydroxylation sites is 2. The van der Waals surface area contributed by atoms with Crippen molar-refractivity contribution in [3.05, 3.63) is 161 Å². The number of benzene rings is 6. The van der Waals surface area contributed by atoms with Crippen LogP contribution in [0.2, 0.25) is 0 Å². The molecule has 74 heavy (non-hydrogen) atoms. The first kappa shape index (κ1) is 52.0. The van der Waals surface area contributed by atoms with Gasteiger partial charge in [0, 0.05) is 68.3 Å². The zero-order valence-electron chi connectivity index (χ0n) is 47.2. The number of aromatic nitrogens is 3. The van der Waals surface area contributed by atoms with Crippen molar-refractivity contribution >= 4 is 21.8 Å². The maximum Gasteiger partial charge on any atom is 0.132 e. The Kier molecular flexibility index (Phi) is 13.5. The van der Waals surface area contributed by atoms with E-state index < -0.39 is 0 Å². The number of rotatable bonds is 10. The summed E-state index contributed by atoms with van der Waals surface area (Å²) in [4.78, 5) is 5.76. The molecule has 0 saturated heterocycles. The van der Waals surface area contributed by atoms with E-state index in [4.69, 9.17) is 4.98 Å². The van der Waals surface area contributed by atoms with Crippen LogP contribution in [0.15, 0.2) is 127 Å². The highest BCUT2D eigenvalue weighted by Gasteiger charge is 2.30. The fourth-order valence-corrected chi connectivity index (χ4v) is 11.0. The molecule has 9 aromatic rings. The second-order valence-corrected chi connectivity index (χ2v) is 25.2. The molecular weight excluding hydrogens is 903 g/mol. The predicted molar refractivity (Wildman–Crippen MR) is 316 cm³/mol. The second kappa shape index (κ2) is 19.1. The minimum Gasteiger partial charge on any atom is -0.507 e. The van der Waals surface area contributed by atoms with Crippen molar-refractivity contribution in [2.24, 2.45) is 0 Å². The van der Waals surface area contributed by atoms with Crippen molar-refractivity contribution in [3.8, 4) is 78.8 Å². The summed E-state index contributed by atoms with van der Waals surface area (Å²) in [6.07, 6.45) is 1.81. The molecule has 0 amide bonds. The third-order valence-corrected chi connectivity index (χ3v) is 15.1. The molecule has 0 aliphatic rings. The number of hydrogen-bond acceptors (Lipinski definition) is 3. The Balaban J connectivity index is 1.32. The van der Waals surface area contributed by atoms with E-state index in [2.05, 4.69) is 247 Å². The van der Waals surface area contributed by atoms with E-state index >= 15 is 0 Å². The Morgan fingerprint density at radius 3 is 1.05 bits per heavy atom. The molecule has 0 bridgehead atoms. The number of phenols is 2. The van der Waals surface area contributed by atoms with Crippen LogP contribution in [0, 0.1) is 13.8 Å². The van der Waals surface area contributed by atoms with Crippen LogP contribution in [0.4, 0.5) is 0 Å². The van der Waals surface area contributed by atoms with E-state index in [1.807, 2.05) is 0 Å². The average molecular weight is 982 g/mol. The number of hydrogen-bond donors (Lipinski definition) is 2.